The van der Waals surface area contributed by atoms with Crippen molar-refractivity contribution in [3.05, 3.63) is 59.7 Å². The van der Waals surface area contributed by atoms with Crippen LogP contribution in [0.2, 0.25) is 0 Å². The summed E-state index contributed by atoms with van der Waals surface area (Å²) < 4.78 is 10.7. The van der Waals surface area contributed by atoms with E-state index in [2.05, 4.69) is 10.5 Å². The van der Waals surface area contributed by atoms with Crippen molar-refractivity contribution in [2.45, 2.75) is 6.92 Å². The van der Waals surface area contributed by atoms with E-state index in [1.807, 2.05) is 25.1 Å². The van der Waals surface area contributed by atoms with Gasteiger partial charge in [-0.05, 0) is 42.8 Å². The molecule has 0 fully saturated rings. The lowest BCUT2D eigenvalue weighted by Gasteiger charge is -2.09. The van der Waals surface area contributed by atoms with Gasteiger partial charge >= 0.3 is 0 Å². The maximum atomic E-state index is 11.8. The summed E-state index contributed by atoms with van der Waals surface area (Å²) in [4.78, 5) is 11.8. The van der Waals surface area contributed by atoms with Gasteiger partial charge in [0.15, 0.2) is 11.5 Å². The molecule has 0 aromatic heterocycles. The van der Waals surface area contributed by atoms with Crippen molar-refractivity contribution in [3.8, 4) is 11.5 Å². The predicted molar refractivity (Wildman–Crippen MR) is 85.7 cm³/mol. The summed E-state index contributed by atoms with van der Waals surface area (Å²) in [5.74, 6) is 1.05. The number of hydrazone groups is 1. The second-order valence-corrected chi connectivity index (χ2v) is 4.41. The average Bonchev–Trinajstić information content (AvgIpc) is 2.57. The first-order valence-corrected chi connectivity index (χ1v) is 6.94. The third-order valence-electron chi connectivity index (χ3n) is 2.90. The first-order chi connectivity index (χ1) is 10.7. The summed E-state index contributed by atoms with van der Waals surface area (Å²) in [6.45, 7) is 2.48. The molecule has 0 bridgehead atoms. The molecule has 0 aliphatic heterocycles. The minimum absolute atomic E-state index is 0.255. The number of benzene rings is 2. The third kappa shape index (κ3) is 4.09. The average molecular weight is 298 g/mol. The van der Waals surface area contributed by atoms with Crippen LogP contribution in [0, 0.1) is 0 Å². The van der Waals surface area contributed by atoms with Crippen LogP contribution < -0.4 is 14.9 Å². The molecular formula is C17H18N2O3. The van der Waals surface area contributed by atoms with E-state index in [0.29, 0.717) is 23.7 Å². The molecule has 5 nitrogen and oxygen atoms in total. The van der Waals surface area contributed by atoms with Gasteiger partial charge in [-0.15, -0.1) is 0 Å². The van der Waals surface area contributed by atoms with Crippen molar-refractivity contribution in [2.75, 3.05) is 13.7 Å². The fourth-order valence-corrected chi connectivity index (χ4v) is 1.86. The van der Waals surface area contributed by atoms with Gasteiger partial charge in [0.2, 0.25) is 0 Å². The Morgan fingerprint density at radius 1 is 1.18 bits per heavy atom. The number of hydrogen-bond donors (Lipinski definition) is 1. The van der Waals surface area contributed by atoms with Crippen molar-refractivity contribution in [1.82, 2.24) is 5.43 Å². The molecule has 2 aromatic carbocycles. The summed E-state index contributed by atoms with van der Waals surface area (Å²) in [7, 11) is 1.58. The molecule has 5 heteroatoms. The van der Waals surface area contributed by atoms with Crippen LogP contribution in [-0.2, 0) is 0 Å². The van der Waals surface area contributed by atoms with E-state index in [1.54, 1.807) is 43.7 Å². The number of amides is 1. The Hall–Kier alpha value is -2.82. The van der Waals surface area contributed by atoms with Gasteiger partial charge in [0.1, 0.15) is 0 Å². The predicted octanol–water partition coefficient (Wildman–Crippen LogP) is 2.86. The zero-order valence-corrected chi connectivity index (χ0v) is 12.6. The highest BCUT2D eigenvalue weighted by atomic mass is 16.5. The molecule has 1 N–H and O–H groups in total. The SMILES string of the molecule is CCOc1ccc(/C=N/NC(=O)c2ccccc2)cc1OC. The molecule has 1 amide bonds. The standard InChI is InChI=1S/C17H18N2O3/c1-3-22-15-10-9-13(11-16(15)21-2)12-18-19-17(20)14-7-5-4-6-8-14/h4-12H,3H2,1-2H3,(H,19,20)/b18-12+. The summed E-state index contributed by atoms with van der Waals surface area (Å²) in [6.07, 6.45) is 1.55. The highest BCUT2D eigenvalue weighted by Crippen LogP contribution is 2.27. The van der Waals surface area contributed by atoms with E-state index in [0.717, 1.165) is 5.56 Å². The van der Waals surface area contributed by atoms with E-state index in [9.17, 15) is 4.79 Å². The summed E-state index contributed by atoms with van der Waals surface area (Å²) in [5, 5.41) is 3.95. The van der Waals surface area contributed by atoms with Crippen LogP contribution >= 0.6 is 0 Å². The van der Waals surface area contributed by atoms with E-state index in [4.69, 9.17) is 9.47 Å². The molecule has 0 radical (unpaired) electrons. The van der Waals surface area contributed by atoms with Crippen LogP contribution in [0.1, 0.15) is 22.8 Å². The molecule has 0 saturated carbocycles. The molecule has 0 spiro atoms. The number of nitrogens with zero attached hydrogens (tertiary/aromatic N) is 1. The van der Waals surface area contributed by atoms with Crippen LogP contribution in [0.3, 0.4) is 0 Å². The van der Waals surface area contributed by atoms with Crippen LogP contribution in [0.25, 0.3) is 0 Å². The van der Waals surface area contributed by atoms with Crippen molar-refractivity contribution in [1.29, 1.82) is 0 Å². The van der Waals surface area contributed by atoms with Gasteiger partial charge < -0.3 is 9.47 Å². The zero-order chi connectivity index (χ0) is 15.8. The number of hydrogen-bond acceptors (Lipinski definition) is 4. The molecule has 2 aromatic rings. The second kappa shape index (κ2) is 7.83. The Kier molecular flexibility index (Phi) is 5.54. The first kappa shape index (κ1) is 15.6. The summed E-state index contributed by atoms with van der Waals surface area (Å²) >= 11 is 0. The Morgan fingerprint density at radius 2 is 1.95 bits per heavy atom. The van der Waals surface area contributed by atoms with Crippen LogP contribution in [0.5, 0.6) is 11.5 Å². The molecule has 2 rings (SSSR count). The number of nitrogens with one attached hydrogen (secondary N) is 1. The van der Waals surface area contributed by atoms with Crippen LogP contribution in [0.4, 0.5) is 0 Å². The number of carbonyl (C=O) groups excluding carboxylic acids is 1. The van der Waals surface area contributed by atoms with E-state index < -0.39 is 0 Å². The van der Waals surface area contributed by atoms with Gasteiger partial charge in [0.05, 0.1) is 19.9 Å². The van der Waals surface area contributed by atoms with Crippen molar-refractivity contribution < 1.29 is 14.3 Å². The maximum Gasteiger partial charge on any atom is 0.271 e. The van der Waals surface area contributed by atoms with E-state index in [-0.39, 0.29) is 5.91 Å². The monoisotopic (exact) mass is 298 g/mol. The zero-order valence-electron chi connectivity index (χ0n) is 12.6. The third-order valence-corrected chi connectivity index (χ3v) is 2.90. The molecule has 0 aliphatic rings. The molecule has 0 saturated heterocycles. The van der Waals surface area contributed by atoms with E-state index >= 15 is 0 Å². The number of rotatable bonds is 6. The van der Waals surface area contributed by atoms with Crippen molar-refractivity contribution in [3.63, 3.8) is 0 Å². The fourth-order valence-electron chi connectivity index (χ4n) is 1.86. The highest BCUT2D eigenvalue weighted by Gasteiger charge is 2.05. The minimum Gasteiger partial charge on any atom is -0.493 e. The molecule has 0 unspecified atom stereocenters. The minimum atomic E-state index is -0.255. The molecular weight excluding hydrogens is 280 g/mol. The van der Waals surface area contributed by atoms with Crippen LogP contribution in [0.15, 0.2) is 53.6 Å². The van der Waals surface area contributed by atoms with Gasteiger partial charge in [-0.3, -0.25) is 4.79 Å². The lowest BCUT2D eigenvalue weighted by molar-refractivity contribution is 0.0955. The van der Waals surface area contributed by atoms with Gasteiger partial charge in [-0.1, -0.05) is 18.2 Å². The maximum absolute atomic E-state index is 11.8. The lowest BCUT2D eigenvalue weighted by Crippen LogP contribution is -2.17. The Morgan fingerprint density at radius 3 is 2.64 bits per heavy atom. The lowest BCUT2D eigenvalue weighted by atomic mass is 10.2. The quantitative estimate of drug-likeness (QED) is 0.659. The van der Waals surface area contributed by atoms with Crippen molar-refractivity contribution in [2.24, 2.45) is 5.10 Å². The van der Waals surface area contributed by atoms with Crippen molar-refractivity contribution >= 4 is 12.1 Å². The van der Waals surface area contributed by atoms with Gasteiger partial charge in [-0.25, -0.2) is 5.43 Å². The number of methoxy groups -OCH3 is 1. The van der Waals surface area contributed by atoms with Gasteiger partial charge in [-0.2, -0.15) is 5.10 Å². The second-order valence-electron chi connectivity index (χ2n) is 4.41. The number of ether oxygens (including phenoxy) is 2. The Labute approximate surface area is 129 Å². The summed E-state index contributed by atoms with van der Waals surface area (Å²) in [6, 6.07) is 14.4. The molecule has 114 valence electrons. The van der Waals surface area contributed by atoms with E-state index in [1.165, 1.54) is 0 Å². The number of carbonyl (C=O) groups is 1. The molecule has 22 heavy (non-hydrogen) atoms. The van der Waals surface area contributed by atoms with Gasteiger partial charge in [0.25, 0.3) is 5.91 Å². The first-order valence-electron chi connectivity index (χ1n) is 6.94. The van der Waals surface area contributed by atoms with Crippen LogP contribution in [-0.4, -0.2) is 25.8 Å². The highest BCUT2D eigenvalue weighted by molar-refractivity contribution is 5.94. The fraction of sp³-hybridized carbons (Fsp3) is 0.176. The normalized spacial score (nSPS) is 10.5. The Balaban J connectivity index is 2.02. The molecule has 0 atom stereocenters. The molecule has 0 aliphatic carbocycles. The Bertz CT molecular complexity index is 654. The largest absolute Gasteiger partial charge is 0.493 e. The van der Waals surface area contributed by atoms with Gasteiger partial charge in [0, 0.05) is 5.56 Å². The summed E-state index contributed by atoms with van der Waals surface area (Å²) in [5.41, 5.74) is 3.84. The smallest absolute Gasteiger partial charge is 0.271 e. The molecule has 0 heterocycles. The topological polar surface area (TPSA) is 59.9 Å².